The Labute approximate surface area is 77.9 Å². The van der Waals surface area contributed by atoms with Gasteiger partial charge in [-0.3, -0.25) is 4.68 Å². The average molecular weight is 185 g/mol. The van der Waals surface area contributed by atoms with E-state index in [2.05, 4.69) is 10.4 Å². The predicted molar refractivity (Wildman–Crippen MR) is 50.4 cm³/mol. The number of hydrogen-bond donors (Lipinski definition) is 1. The van der Waals surface area contributed by atoms with Crippen molar-refractivity contribution in [2.24, 2.45) is 7.05 Å². The van der Waals surface area contributed by atoms with Crippen molar-refractivity contribution in [1.29, 1.82) is 0 Å². The molecule has 0 atom stereocenters. The maximum absolute atomic E-state index is 11.8. The first-order chi connectivity index (χ1) is 6.16. The third kappa shape index (κ3) is 2.28. The molecule has 0 amide bonds. The van der Waals surface area contributed by atoms with Crippen molar-refractivity contribution in [2.45, 2.75) is 20.4 Å². The Hall–Kier alpha value is -0.900. The lowest BCUT2D eigenvalue weighted by atomic mass is 10.2. The molecule has 74 valence electrons. The third-order valence-electron chi connectivity index (χ3n) is 2.23. The number of nitrogens with one attached hydrogen (secondary N) is 1. The summed E-state index contributed by atoms with van der Waals surface area (Å²) in [6.07, 6.45) is 0. The van der Waals surface area contributed by atoms with Gasteiger partial charge in [0, 0.05) is 31.4 Å². The number of nitrogens with zero attached hydrogens (tertiary/aromatic N) is 2. The number of rotatable bonds is 4. The van der Waals surface area contributed by atoms with Crippen molar-refractivity contribution in [1.82, 2.24) is 15.1 Å². The number of halogens is 1. The van der Waals surface area contributed by atoms with Gasteiger partial charge in [-0.25, -0.2) is 4.39 Å². The van der Waals surface area contributed by atoms with E-state index in [0.717, 1.165) is 11.4 Å². The van der Waals surface area contributed by atoms with Crippen LogP contribution in [0.4, 0.5) is 4.39 Å². The molecule has 0 spiro atoms. The van der Waals surface area contributed by atoms with Crippen LogP contribution in [0.2, 0.25) is 0 Å². The van der Waals surface area contributed by atoms with Crippen LogP contribution in [0, 0.1) is 13.8 Å². The molecular weight excluding hydrogens is 169 g/mol. The molecule has 1 aromatic rings. The molecule has 0 saturated heterocycles. The van der Waals surface area contributed by atoms with E-state index >= 15 is 0 Å². The Bertz CT molecular complexity index is 281. The van der Waals surface area contributed by atoms with Gasteiger partial charge >= 0.3 is 0 Å². The number of alkyl halides is 1. The molecule has 0 radical (unpaired) electrons. The lowest BCUT2D eigenvalue weighted by Gasteiger charge is -2.02. The maximum atomic E-state index is 11.8. The zero-order valence-corrected chi connectivity index (χ0v) is 8.39. The zero-order valence-electron chi connectivity index (χ0n) is 8.39. The Balaban J connectivity index is 2.64. The highest BCUT2D eigenvalue weighted by Gasteiger charge is 2.07. The van der Waals surface area contributed by atoms with E-state index in [4.69, 9.17) is 0 Å². The van der Waals surface area contributed by atoms with Crippen molar-refractivity contribution in [3.05, 3.63) is 17.0 Å². The molecule has 0 saturated carbocycles. The molecular formula is C9H16FN3. The van der Waals surface area contributed by atoms with Gasteiger partial charge in [-0.2, -0.15) is 5.10 Å². The lowest BCUT2D eigenvalue weighted by Crippen LogP contribution is -2.16. The van der Waals surface area contributed by atoms with Crippen LogP contribution in [0.3, 0.4) is 0 Å². The summed E-state index contributed by atoms with van der Waals surface area (Å²) < 4.78 is 13.7. The third-order valence-corrected chi connectivity index (χ3v) is 2.23. The summed E-state index contributed by atoms with van der Waals surface area (Å²) in [5, 5.41) is 7.29. The molecule has 0 aliphatic heterocycles. The first-order valence-electron chi connectivity index (χ1n) is 4.42. The summed E-state index contributed by atoms with van der Waals surface area (Å²) in [5.74, 6) is 0. The summed E-state index contributed by atoms with van der Waals surface area (Å²) >= 11 is 0. The lowest BCUT2D eigenvalue weighted by molar-refractivity contribution is 0.466. The maximum Gasteiger partial charge on any atom is 0.102 e. The highest BCUT2D eigenvalue weighted by atomic mass is 19.1. The Morgan fingerprint density at radius 1 is 1.46 bits per heavy atom. The van der Waals surface area contributed by atoms with Gasteiger partial charge in [-0.1, -0.05) is 0 Å². The molecule has 0 fully saturated rings. The summed E-state index contributed by atoms with van der Waals surface area (Å²) in [5.41, 5.74) is 3.34. The molecule has 0 unspecified atom stereocenters. The number of aryl methyl sites for hydroxylation is 2. The number of hydrogen-bond acceptors (Lipinski definition) is 2. The molecule has 1 aromatic heterocycles. The van der Waals surface area contributed by atoms with Crippen LogP contribution >= 0.6 is 0 Å². The van der Waals surface area contributed by atoms with Gasteiger partial charge in [-0.05, 0) is 13.8 Å². The largest absolute Gasteiger partial charge is 0.310 e. The van der Waals surface area contributed by atoms with Gasteiger partial charge in [0.1, 0.15) is 6.67 Å². The molecule has 0 aromatic carbocycles. The molecule has 1 heterocycles. The molecule has 1 N–H and O–H groups in total. The molecule has 0 aliphatic rings. The molecule has 0 aliphatic carbocycles. The minimum absolute atomic E-state index is 0.321. The predicted octanol–water partition coefficient (Wildman–Crippen LogP) is 1.10. The van der Waals surface area contributed by atoms with Gasteiger partial charge in [0.25, 0.3) is 0 Å². The van der Waals surface area contributed by atoms with Crippen LogP contribution in [0.25, 0.3) is 0 Å². The smallest absolute Gasteiger partial charge is 0.102 e. The van der Waals surface area contributed by atoms with E-state index in [1.165, 1.54) is 5.56 Å². The summed E-state index contributed by atoms with van der Waals surface area (Å²) in [7, 11) is 1.92. The fourth-order valence-corrected chi connectivity index (χ4v) is 1.35. The first kappa shape index (κ1) is 10.2. The van der Waals surface area contributed by atoms with Crippen molar-refractivity contribution in [2.75, 3.05) is 13.2 Å². The highest BCUT2D eigenvalue weighted by molar-refractivity contribution is 5.23. The van der Waals surface area contributed by atoms with Crippen LogP contribution in [0.1, 0.15) is 17.0 Å². The van der Waals surface area contributed by atoms with Crippen LogP contribution in [0.5, 0.6) is 0 Å². The van der Waals surface area contributed by atoms with E-state index in [1.54, 1.807) is 0 Å². The van der Waals surface area contributed by atoms with Crippen molar-refractivity contribution >= 4 is 0 Å². The minimum Gasteiger partial charge on any atom is -0.310 e. The van der Waals surface area contributed by atoms with Gasteiger partial charge in [0.15, 0.2) is 0 Å². The van der Waals surface area contributed by atoms with Gasteiger partial charge in [-0.15, -0.1) is 0 Å². The van der Waals surface area contributed by atoms with Crippen LogP contribution in [-0.2, 0) is 13.6 Å². The summed E-state index contributed by atoms with van der Waals surface area (Å²) in [6, 6.07) is 0. The highest BCUT2D eigenvalue weighted by Crippen LogP contribution is 2.10. The van der Waals surface area contributed by atoms with Crippen LogP contribution < -0.4 is 5.32 Å². The summed E-state index contributed by atoms with van der Waals surface area (Å²) in [6.45, 7) is 4.79. The molecule has 13 heavy (non-hydrogen) atoms. The average Bonchev–Trinajstić information content (AvgIpc) is 2.32. The van der Waals surface area contributed by atoms with Crippen LogP contribution in [0.15, 0.2) is 0 Å². The fourth-order valence-electron chi connectivity index (χ4n) is 1.35. The quantitative estimate of drug-likeness (QED) is 0.712. The topological polar surface area (TPSA) is 29.9 Å². The Kier molecular flexibility index (Phi) is 3.42. The van der Waals surface area contributed by atoms with Crippen molar-refractivity contribution in [3.63, 3.8) is 0 Å². The van der Waals surface area contributed by atoms with E-state index in [0.29, 0.717) is 13.1 Å². The second-order valence-corrected chi connectivity index (χ2v) is 3.14. The van der Waals surface area contributed by atoms with Gasteiger partial charge < -0.3 is 5.32 Å². The van der Waals surface area contributed by atoms with E-state index < -0.39 is 0 Å². The standard InChI is InChI=1S/C9H16FN3/c1-7-9(6-11-5-4-10)8(2)13(3)12-7/h11H,4-6H2,1-3H3. The normalized spacial score (nSPS) is 10.8. The Morgan fingerprint density at radius 2 is 2.15 bits per heavy atom. The second-order valence-electron chi connectivity index (χ2n) is 3.14. The molecule has 4 heteroatoms. The van der Waals surface area contributed by atoms with E-state index in [9.17, 15) is 4.39 Å². The Morgan fingerprint density at radius 3 is 2.62 bits per heavy atom. The monoisotopic (exact) mass is 185 g/mol. The summed E-state index contributed by atoms with van der Waals surface area (Å²) in [4.78, 5) is 0. The zero-order chi connectivity index (χ0) is 9.84. The fraction of sp³-hybridized carbons (Fsp3) is 0.667. The molecule has 1 rings (SSSR count). The molecule has 3 nitrogen and oxygen atoms in total. The van der Waals surface area contributed by atoms with Crippen molar-refractivity contribution < 1.29 is 4.39 Å². The minimum atomic E-state index is -0.321. The van der Waals surface area contributed by atoms with Crippen LogP contribution in [-0.4, -0.2) is 23.0 Å². The second kappa shape index (κ2) is 4.37. The number of aromatic nitrogens is 2. The van der Waals surface area contributed by atoms with E-state index in [1.807, 2.05) is 25.6 Å². The van der Waals surface area contributed by atoms with Crippen molar-refractivity contribution in [3.8, 4) is 0 Å². The SMILES string of the molecule is Cc1nn(C)c(C)c1CNCCF. The first-order valence-corrected chi connectivity index (χ1v) is 4.42. The van der Waals surface area contributed by atoms with Gasteiger partial charge in [0.05, 0.1) is 5.69 Å². The van der Waals surface area contributed by atoms with Gasteiger partial charge in [0.2, 0.25) is 0 Å². The van der Waals surface area contributed by atoms with E-state index in [-0.39, 0.29) is 6.67 Å². The molecule has 0 bridgehead atoms.